The minimum absolute atomic E-state index is 0.311. The molecule has 1 fully saturated rings. The highest BCUT2D eigenvalue weighted by atomic mass is 19.4. The molecule has 0 aliphatic carbocycles. The van der Waals surface area contributed by atoms with Crippen molar-refractivity contribution in [1.82, 2.24) is 0 Å². The molecular formula is C27H30F5NO6. The van der Waals surface area contributed by atoms with Gasteiger partial charge in [-0.15, -0.1) is 0 Å². The van der Waals surface area contributed by atoms with E-state index in [1.165, 1.54) is 25.5 Å². The average molecular weight is 560 g/mol. The van der Waals surface area contributed by atoms with Crippen LogP contribution in [-0.2, 0) is 23.8 Å². The maximum atomic E-state index is 13.0. The summed E-state index contributed by atoms with van der Waals surface area (Å²) in [4.78, 5) is 5.58. The number of oxime groups is 1. The Hall–Kier alpha value is -3.06. The number of rotatable bonds is 11. The Balaban J connectivity index is 1.57. The van der Waals surface area contributed by atoms with Crippen molar-refractivity contribution in [3.63, 3.8) is 0 Å². The Bertz CT molecular complexity index is 1090. The lowest BCUT2D eigenvalue weighted by molar-refractivity contribution is -0.360. The second kappa shape index (κ2) is 13.3. The fraction of sp³-hybridized carbons (Fsp3) is 0.444. The molecule has 0 amide bonds. The van der Waals surface area contributed by atoms with Crippen LogP contribution in [0.25, 0.3) is 12.2 Å². The first kappa shape index (κ1) is 30.5. The minimum atomic E-state index is -5.80. The smallest absolute Gasteiger partial charge is 0.426 e. The zero-order valence-corrected chi connectivity index (χ0v) is 21.7. The van der Waals surface area contributed by atoms with Gasteiger partial charge in [0.2, 0.25) is 0 Å². The summed E-state index contributed by atoms with van der Waals surface area (Å²) >= 11 is 0. The van der Waals surface area contributed by atoms with Crippen molar-refractivity contribution in [2.75, 3.05) is 20.8 Å². The fourth-order valence-electron chi connectivity index (χ4n) is 3.90. The molecule has 39 heavy (non-hydrogen) atoms. The van der Waals surface area contributed by atoms with Crippen LogP contribution in [0, 0.1) is 0 Å². The number of alkyl halides is 5. The Morgan fingerprint density at radius 3 is 1.87 bits per heavy atom. The largest absolute Gasteiger partial charge is 0.499 e. The Morgan fingerprint density at radius 1 is 0.821 bits per heavy atom. The molecule has 0 bridgehead atoms. The van der Waals surface area contributed by atoms with Crippen LogP contribution in [0.5, 0.6) is 5.75 Å². The molecule has 1 aliphatic rings. The van der Waals surface area contributed by atoms with E-state index in [9.17, 15) is 22.0 Å². The zero-order chi connectivity index (χ0) is 28.6. The van der Waals surface area contributed by atoms with Gasteiger partial charge in [0.1, 0.15) is 18.0 Å². The minimum Gasteiger partial charge on any atom is -0.426 e. The predicted octanol–water partition coefficient (Wildman–Crippen LogP) is 5.92. The Labute approximate surface area is 223 Å². The summed E-state index contributed by atoms with van der Waals surface area (Å²) in [6, 6.07) is 12.0. The van der Waals surface area contributed by atoms with Crippen LogP contribution in [-0.4, -0.2) is 70.0 Å². The molecule has 1 aliphatic heterocycles. The first-order valence-electron chi connectivity index (χ1n) is 12.0. The van der Waals surface area contributed by atoms with Gasteiger partial charge in [-0.05, 0) is 42.7 Å². The number of nitrogens with zero attached hydrogens (tertiary/aromatic N) is 1. The molecule has 0 unspecified atom stereocenters. The van der Waals surface area contributed by atoms with Gasteiger partial charge in [-0.1, -0.05) is 53.7 Å². The number of methoxy groups -OCH3 is 2. The highest BCUT2D eigenvalue weighted by molar-refractivity contribution is 5.80. The average Bonchev–Trinajstić information content (AvgIpc) is 2.88. The monoisotopic (exact) mass is 559 g/mol. The van der Waals surface area contributed by atoms with Crippen molar-refractivity contribution < 1.29 is 50.5 Å². The van der Waals surface area contributed by atoms with Crippen molar-refractivity contribution >= 4 is 18.4 Å². The maximum Gasteiger partial charge on any atom is 0.499 e. The number of ether oxygens (including phenoxy) is 5. The Kier molecular flexibility index (Phi) is 10.4. The van der Waals surface area contributed by atoms with Crippen LogP contribution >= 0.6 is 0 Å². The molecule has 1 saturated heterocycles. The molecule has 2 aromatic rings. The van der Waals surface area contributed by atoms with E-state index in [4.69, 9.17) is 23.8 Å². The summed E-state index contributed by atoms with van der Waals surface area (Å²) in [5.41, 5.74) is 2.13. The van der Waals surface area contributed by atoms with Crippen LogP contribution in [0.2, 0.25) is 0 Å². The third kappa shape index (κ3) is 7.98. The third-order valence-electron chi connectivity index (χ3n) is 5.86. The van der Waals surface area contributed by atoms with Crippen LogP contribution in [0.3, 0.4) is 0 Å². The van der Waals surface area contributed by atoms with E-state index in [0.29, 0.717) is 12.2 Å². The van der Waals surface area contributed by atoms with Gasteiger partial charge in [-0.25, -0.2) is 0 Å². The predicted molar refractivity (Wildman–Crippen MR) is 133 cm³/mol. The molecule has 214 valence electrons. The van der Waals surface area contributed by atoms with Crippen LogP contribution in [0.15, 0.2) is 53.7 Å². The summed E-state index contributed by atoms with van der Waals surface area (Å²) in [6.45, 7) is 4.20. The van der Waals surface area contributed by atoms with Crippen LogP contribution < -0.4 is 4.74 Å². The van der Waals surface area contributed by atoms with Crippen LogP contribution in [0.4, 0.5) is 22.0 Å². The van der Waals surface area contributed by atoms with E-state index in [-0.39, 0.29) is 12.2 Å². The first-order valence-corrected chi connectivity index (χ1v) is 12.0. The van der Waals surface area contributed by atoms with Crippen molar-refractivity contribution in [3.8, 4) is 5.75 Å². The second-order valence-electron chi connectivity index (χ2n) is 8.56. The molecule has 0 N–H and O–H groups in total. The molecule has 0 spiro atoms. The van der Waals surface area contributed by atoms with Gasteiger partial charge >= 0.3 is 12.3 Å². The first-order chi connectivity index (χ1) is 18.5. The lowest BCUT2D eigenvalue weighted by Crippen LogP contribution is -2.59. The highest BCUT2D eigenvalue weighted by Crippen LogP contribution is 2.37. The van der Waals surface area contributed by atoms with E-state index < -0.39 is 36.5 Å². The summed E-state index contributed by atoms with van der Waals surface area (Å²) in [5, 5.41) is 4.04. The number of halogens is 5. The summed E-state index contributed by atoms with van der Waals surface area (Å²) in [5.74, 6) is -0.600. The lowest BCUT2D eigenvalue weighted by Gasteiger charge is -2.42. The third-order valence-corrected chi connectivity index (χ3v) is 5.86. The molecule has 0 aromatic heterocycles. The topological polar surface area (TPSA) is 67.7 Å². The zero-order valence-electron chi connectivity index (χ0n) is 21.7. The SMILES string of the molecule is CCO[C@@H]1[C@@H](OC)[C@H](C)O[C@@H](O/N=C/c2ccc(/C=C/c3ccc(OC(F)(F)C(F)(F)F)cc3)cc2)[C@@H]1OC. The van der Waals surface area contributed by atoms with Gasteiger partial charge in [0, 0.05) is 20.8 Å². The molecule has 0 radical (unpaired) electrons. The van der Waals surface area contributed by atoms with Gasteiger partial charge in [0.05, 0.1) is 12.3 Å². The van der Waals surface area contributed by atoms with E-state index in [1.54, 1.807) is 31.4 Å². The van der Waals surface area contributed by atoms with Crippen molar-refractivity contribution in [1.29, 1.82) is 0 Å². The standard InChI is InChI=1S/C27H30F5NO6/c1-5-36-23-22(34-3)17(2)37-25(24(23)35-4)39-33-16-20-10-8-18(9-11-20)6-7-19-12-14-21(15-13-19)38-27(31,32)26(28,29)30/h6-17,22-25H,5H2,1-4H3/b7-6+,33-16+/t17-,22-,23+,24+,25-/m0/s1. The van der Waals surface area contributed by atoms with E-state index in [1.807, 2.05) is 26.0 Å². The van der Waals surface area contributed by atoms with Gasteiger partial charge in [-0.2, -0.15) is 22.0 Å². The quantitative estimate of drug-likeness (QED) is 0.147. The van der Waals surface area contributed by atoms with Crippen molar-refractivity contribution in [3.05, 3.63) is 65.2 Å². The van der Waals surface area contributed by atoms with Gasteiger partial charge < -0.3 is 28.5 Å². The number of benzene rings is 2. The van der Waals surface area contributed by atoms with Crippen molar-refractivity contribution in [2.45, 2.75) is 56.8 Å². The molecule has 5 atom stereocenters. The second-order valence-corrected chi connectivity index (χ2v) is 8.56. The summed E-state index contributed by atoms with van der Waals surface area (Å²) < 4.78 is 89.4. The Morgan fingerprint density at radius 2 is 1.36 bits per heavy atom. The normalized spacial score (nSPS) is 24.4. The molecule has 1 heterocycles. The highest BCUT2D eigenvalue weighted by Gasteiger charge is 2.61. The molecular weight excluding hydrogens is 529 g/mol. The van der Waals surface area contributed by atoms with Crippen molar-refractivity contribution in [2.24, 2.45) is 5.16 Å². The van der Waals surface area contributed by atoms with Gasteiger partial charge in [0.25, 0.3) is 6.29 Å². The van der Waals surface area contributed by atoms with Crippen LogP contribution in [0.1, 0.15) is 30.5 Å². The lowest BCUT2D eigenvalue weighted by atomic mass is 9.99. The van der Waals surface area contributed by atoms with E-state index in [2.05, 4.69) is 9.89 Å². The fourth-order valence-corrected chi connectivity index (χ4v) is 3.90. The molecule has 2 aromatic carbocycles. The maximum absolute atomic E-state index is 13.0. The molecule has 0 saturated carbocycles. The summed E-state index contributed by atoms with van der Waals surface area (Å²) in [7, 11) is 3.11. The number of hydrogen-bond acceptors (Lipinski definition) is 7. The van der Waals surface area contributed by atoms with Gasteiger partial charge in [0.15, 0.2) is 6.10 Å². The van der Waals surface area contributed by atoms with E-state index in [0.717, 1.165) is 23.3 Å². The van der Waals surface area contributed by atoms with E-state index >= 15 is 0 Å². The molecule has 12 heteroatoms. The summed E-state index contributed by atoms with van der Waals surface area (Å²) in [6.07, 6.45) is -8.54. The number of hydrogen-bond donors (Lipinski definition) is 0. The molecule has 7 nitrogen and oxygen atoms in total. The van der Waals surface area contributed by atoms with Gasteiger partial charge in [-0.3, -0.25) is 0 Å². The molecule has 3 rings (SSSR count).